The molecule has 4 rings (SSSR count). The van der Waals surface area contributed by atoms with Gasteiger partial charge in [0.2, 0.25) is 0 Å². The van der Waals surface area contributed by atoms with Crippen molar-refractivity contribution in [3.8, 4) is 5.75 Å². The molecule has 0 radical (unpaired) electrons. The van der Waals surface area contributed by atoms with Gasteiger partial charge < -0.3 is 9.57 Å². The van der Waals surface area contributed by atoms with E-state index in [4.69, 9.17) is 21.2 Å². The molecule has 1 aromatic heterocycles. The zero-order valence-corrected chi connectivity index (χ0v) is 16.4. The second-order valence-electron chi connectivity index (χ2n) is 6.07. The fraction of sp³-hybridized carbons (Fsp3) is 0.100. The highest BCUT2D eigenvalue weighted by Gasteiger charge is 2.38. The highest BCUT2D eigenvalue weighted by atomic mass is 35.5. The summed E-state index contributed by atoms with van der Waals surface area (Å²) in [6, 6.07) is 13.2. The molecule has 146 valence electrons. The van der Waals surface area contributed by atoms with E-state index in [-0.39, 0.29) is 24.2 Å². The fourth-order valence-corrected chi connectivity index (χ4v) is 3.54. The number of hydroxylamine groups is 2. The maximum Gasteiger partial charge on any atom is 0.339 e. The molecule has 0 unspecified atom stereocenters. The smallest absolute Gasteiger partial charge is 0.339 e. The third-order valence-corrected chi connectivity index (χ3v) is 5.17. The van der Waals surface area contributed by atoms with E-state index in [0.29, 0.717) is 26.5 Å². The van der Waals surface area contributed by atoms with E-state index < -0.39 is 17.8 Å². The molecule has 0 atom stereocenters. The molecule has 0 saturated heterocycles. The molecule has 0 aliphatic carbocycles. The van der Waals surface area contributed by atoms with Crippen molar-refractivity contribution in [1.82, 2.24) is 10.0 Å². The standard InChI is InChI=1S/C20H13ClN2O5S/c21-12-5-7-14(8-6-12)27-10-17-22-13(11-29-17)9-18(24)28-23-19(25)15-3-1-2-4-16(15)20(23)26/h1-8,11H,9-10H2. The summed E-state index contributed by atoms with van der Waals surface area (Å²) in [5, 5.41) is 3.47. The van der Waals surface area contributed by atoms with Crippen LogP contribution < -0.4 is 4.74 Å². The summed E-state index contributed by atoms with van der Waals surface area (Å²) < 4.78 is 5.61. The number of carbonyl (C=O) groups is 3. The fourth-order valence-electron chi connectivity index (χ4n) is 2.70. The molecule has 29 heavy (non-hydrogen) atoms. The Morgan fingerprint density at radius 2 is 1.69 bits per heavy atom. The zero-order chi connectivity index (χ0) is 20.4. The van der Waals surface area contributed by atoms with Crippen molar-refractivity contribution >= 4 is 40.7 Å². The molecule has 0 bridgehead atoms. The first kappa shape index (κ1) is 19.1. The molecule has 1 aliphatic heterocycles. The van der Waals surface area contributed by atoms with E-state index in [9.17, 15) is 14.4 Å². The average Bonchev–Trinajstić information content (AvgIpc) is 3.26. The zero-order valence-electron chi connectivity index (χ0n) is 14.8. The lowest BCUT2D eigenvalue weighted by atomic mass is 10.1. The first-order chi connectivity index (χ1) is 14.0. The Balaban J connectivity index is 1.33. The van der Waals surface area contributed by atoms with E-state index in [2.05, 4.69) is 4.98 Å². The van der Waals surface area contributed by atoms with Gasteiger partial charge in [0.05, 0.1) is 23.2 Å². The SMILES string of the molecule is O=C(Cc1csc(COc2ccc(Cl)cc2)n1)ON1C(=O)c2ccccc2C1=O. The predicted molar refractivity (Wildman–Crippen MR) is 105 cm³/mol. The van der Waals surface area contributed by atoms with Crippen LogP contribution in [0.15, 0.2) is 53.9 Å². The number of imide groups is 1. The first-order valence-corrected chi connectivity index (χ1v) is 9.77. The molecule has 0 fully saturated rings. The molecule has 3 aromatic rings. The number of aromatic nitrogens is 1. The number of hydrogen-bond acceptors (Lipinski definition) is 7. The number of thiazole rings is 1. The quantitative estimate of drug-likeness (QED) is 0.557. The summed E-state index contributed by atoms with van der Waals surface area (Å²) in [6.07, 6.45) is -0.176. The van der Waals surface area contributed by atoms with Crippen molar-refractivity contribution in [2.24, 2.45) is 0 Å². The number of nitrogens with zero attached hydrogens (tertiary/aromatic N) is 2. The summed E-state index contributed by atoms with van der Waals surface area (Å²) in [5.74, 6) is -1.42. The Labute approximate surface area is 174 Å². The van der Waals surface area contributed by atoms with Crippen molar-refractivity contribution in [1.29, 1.82) is 0 Å². The lowest BCUT2D eigenvalue weighted by Crippen LogP contribution is -2.33. The van der Waals surface area contributed by atoms with Crippen LogP contribution in [0.5, 0.6) is 5.75 Å². The van der Waals surface area contributed by atoms with E-state index in [1.165, 1.54) is 23.5 Å². The number of amides is 2. The Morgan fingerprint density at radius 1 is 1.03 bits per heavy atom. The van der Waals surface area contributed by atoms with Gasteiger partial charge in [-0.05, 0) is 36.4 Å². The first-order valence-electron chi connectivity index (χ1n) is 8.51. The van der Waals surface area contributed by atoms with Gasteiger partial charge in [0.25, 0.3) is 11.8 Å². The molecule has 2 heterocycles. The number of rotatable bonds is 6. The predicted octanol–water partition coefficient (Wildman–Crippen LogP) is 3.67. The monoisotopic (exact) mass is 428 g/mol. The van der Waals surface area contributed by atoms with Gasteiger partial charge in [-0.3, -0.25) is 9.59 Å². The molecular weight excluding hydrogens is 416 g/mol. The van der Waals surface area contributed by atoms with Crippen molar-refractivity contribution in [2.75, 3.05) is 0 Å². The second-order valence-corrected chi connectivity index (χ2v) is 7.44. The van der Waals surface area contributed by atoms with Gasteiger partial charge in [0.15, 0.2) is 0 Å². The molecule has 7 nitrogen and oxygen atoms in total. The Kier molecular flexibility index (Phi) is 5.28. The number of carbonyl (C=O) groups excluding carboxylic acids is 3. The topological polar surface area (TPSA) is 85.8 Å². The summed E-state index contributed by atoms with van der Waals surface area (Å²) in [6.45, 7) is 0.236. The van der Waals surface area contributed by atoms with Crippen molar-refractivity contribution in [3.63, 3.8) is 0 Å². The van der Waals surface area contributed by atoms with Gasteiger partial charge in [0, 0.05) is 10.4 Å². The maximum atomic E-state index is 12.2. The molecule has 0 saturated carbocycles. The number of ether oxygens (including phenoxy) is 1. The summed E-state index contributed by atoms with van der Waals surface area (Å²) in [7, 11) is 0. The van der Waals surface area contributed by atoms with Crippen molar-refractivity contribution in [2.45, 2.75) is 13.0 Å². The lowest BCUT2D eigenvalue weighted by molar-refractivity contribution is -0.167. The molecular formula is C20H13ClN2O5S. The second kappa shape index (κ2) is 8.02. The van der Waals surface area contributed by atoms with Crippen LogP contribution in [0.2, 0.25) is 5.02 Å². The minimum absolute atomic E-state index is 0.176. The Hall–Kier alpha value is -3.23. The largest absolute Gasteiger partial charge is 0.486 e. The van der Waals surface area contributed by atoms with Crippen LogP contribution in [0.3, 0.4) is 0 Å². The van der Waals surface area contributed by atoms with E-state index >= 15 is 0 Å². The third kappa shape index (κ3) is 4.13. The van der Waals surface area contributed by atoms with E-state index in [1.807, 2.05) is 0 Å². The van der Waals surface area contributed by atoms with Crippen LogP contribution in [0, 0.1) is 0 Å². The number of benzene rings is 2. The average molecular weight is 429 g/mol. The van der Waals surface area contributed by atoms with Crippen LogP contribution in [-0.4, -0.2) is 27.8 Å². The third-order valence-electron chi connectivity index (χ3n) is 4.05. The molecule has 1 aliphatic rings. The number of halogens is 1. The summed E-state index contributed by atoms with van der Waals surface area (Å²) in [5.41, 5.74) is 0.882. The van der Waals surface area contributed by atoms with Gasteiger partial charge >= 0.3 is 5.97 Å². The van der Waals surface area contributed by atoms with Gasteiger partial charge in [0.1, 0.15) is 17.4 Å². The Bertz CT molecular complexity index is 1060. The minimum Gasteiger partial charge on any atom is -0.486 e. The highest BCUT2D eigenvalue weighted by Crippen LogP contribution is 2.23. The summed E-state index contributed by atoms with van der Waals surface area (Å²) >= 11 is 7.16. The summed E-state index contributed by atoms with van der Waals surface area (Å²) in [4.78, 5) is 45.9. The van der Waals surface area contributed by atoms with Crippen LogP contribution in [0.1, 0.15) is 31.4 Å². The number of fused-ring (bicyclic) bond motifs is 1. The van der Waals surface area contributed by atoms with Gasteiger partial charge in [-0.1, -0.05) is 28.8 Å². The van der Waals surface area contributed by atoms with Crippen LogP contribution in [0.25, 0.3) is 0 Å². The molecule has 2 amide bonds. The minimum atomic E-state index is -0.755. The molecule has 0 N–H and O–H groups in total. The van der Waals surface area contributed by atoms with Crippen molar-refractivity contribution < 1.29 is 24.0 Å². The molecule has 0 spiro atoms. The molecule has 9 heteroatoms. The van der Waals surface area contributed by atoms with Crippen LogP contribution >= 0.6 is 22.9 Å². The van der Waals surface area contributed by atoms with Crippen molar-refractivity contribution in [3.05, 3.63) is 80.8 Å². The van der Waals surface area contributed by atoms with E-state index in [0.717, 1.165) is 0 Å². The van der Waals surface area contributed by atoms with Gasteiger partial charge in [-0.15, -0.1) is 11.3 Å². The maximum absolute atomic E-state index is 12.2. The van der Waals surface area contributed by atoms with Crippen LogP contribution in [-0.2, 0) is 22.7 Å². The number of hydrogen-bond donors (Lipinski definition) is 0. The molecule has 2 aromatic carbocycles. The Morgan fingerprint density at radius 3 is 2.34 bits per heavy atom. The van der Waals surface area contributed by atoms with E-state index in [1.54, 1.807) is 41.8 Å². The normalized spacial score (nSPS) is 12.8. The van der Waals surface area contributed by atoms with Gasteiger partial charge in [-0.2, -0.15) is 0 Å². The lowest BCUT2D eigenvalue weighted by Gasteiger charge is -2.12. The van der Waals surface area contributed by atoms with Crippen LogP contribution in [0.4, 0.5) is 0 Å². The van der Waals surface area contributed by atoms with Gasteiger partial charge in [-0.25, -0.2) is 9.78 Å². The highest BCUT2D eigenvalue weighted by molar-refractivity contribution is 7.09.